The zero-order valence-corrected chi connectivity index (χ0v) is 12.3. The van der Waals surface area contributed by atoms with Crippen LogP contribution >= 0.6 is 0 Å². The van der Waals surface area contributed by atoms with Crippen molar-refractivity contribution in [3.05, 3.63) is 0 Å². The molecule has 8 N–H and O–H groups in total. The molecule has 0 aromatic rings. The van der Waals surface area contributed by atoms with Gasteiger partial charge in [-0.2, -0.15) is 0 Å². The number of aliphatic hydroxyl groups is 8. The fourth-order valence-corrected chi connectivity index (χ4v) is 2.65. The lowest BCUT2D eigenvalue weighted by Gasteiger charge is -2.45. The molecule has 0 saturated carbocycles. The number of aliphatic hydroxyl groups excluding tert-OH is 7. The quantitative estimate of drug-likeness (QED) is 0.234. The van der Waals surface area contributed by atoms with E-state index in [1.807, 2.05) is 0 Å². The van der Waals surface area contributed by atoms with Gasteiger partial charge in [0, 0.05) is 0 Å². The Morgan fingerprint density at radius 1 is 0.917 bits per heavy atom. The van der Waals surface area contributed by atoms with Gasteiger partial charge in [-0.15, -0.1) is 0 Å². The molecule has 0 spiro atoms. The summed E-state index contributed by atoms with van der Waals surface area (Å²) in [5.41, 5.74) is 0. The molecule has 12 heteroatoms. The van der Waals surface area contributed by atoms with Gasteiger partial charge in [0.1, 0.15) is 37.1 Å². The van der Waals surface area contributed by atoms with E-state index in [1.165, 1.54) is 0 Å². The maximum atomic E-state index is 14.1. The number of ether oxygens (including phenoxy) is 3. The van der Waals surface area contributed by atoms with Gasteiger partial charge >= 0.3 is 0 Å². The van der Waals surface area contributed by atoms with Crippen molar-refractivity contribution < 1.29 is 59.5 Å². The molecule has 142 valence electrons. The predicted octanol–water partition coefficient (Wildman–Crippen LogP) is -5.10. The molecule has 2 aliphatic rings. The number of rotatable bonds is 5. The van der Waals surface area contributed by atoms with Crippen molar-refractivity contribution in [2.75, 3.05) is 19.8 Å². The molecule has 9 atom stereocenters. The van der Waals surface area contributed by atoms with E-state index in [2.05, 4.69) is 0 Å². The predicted molar refractivity (Wildman–Crippen MR) is 68.7 cm³/mol. The number of alkyl halides is 1. The van der Waals surface area contributed by atoms with E-state index in [1.54, 1.807) is 0 Å². The summed E-state index contributed by atoms with van der Waals surface area (Å²) in [5.74, 6) is -6.04. The second-order valence-electron chi connectivity index (χ2n) is 5.70. The van der Waals surface area contributed by atoms with E-state index in [0.29, 0.717) is 0 Å². The molecule has 0 amide bonds. The minimum absolute atomic E-state index is 0.748. The summed E-state index contributed by atoms with van der Waals surface area (Å²) in [6.45, 7) is -2.79. The van der Waals surface area contributed by atoms with Crippen LogP contribution in [0.1, 0.15) is 0 Å². The summed E-state index contributed by atoms with van der Waals surface area (Å²) in [4.78, 5) is 0. The Morgan fingerprint density at radius 2 is 1.50 bits per heavy atom. The lowest BCUT2D eigenvalue weighted by molar-refractivity contribution is -0.413. The summed E-state index contributed by atoms with van der Waals surface area (Å²) in [6, 6.07) is 0. The molecule has 1 unspecified atom stereocenters. The maximum absolute atomic E-state index is 14.1. The van der Waals surface area contributed by atoms with Crippen LogP contribution in [0.25, 0.3) is 0 Å². The number of hydrogen-bond donors (Lipinski definition) is 8. The second-order valence-corrected chi connectivity index (χ2v) is 5.70. The van der Waals surface area contributed by atoms with Gasteiger partial charge in [-0.3, -0.25) is 0 Å². The van der Waals surface area contributed by atoms with Crippen LogP contribution in [0.5, 0.6) is 0 Å². The van der Waals surface area contributed by atoms with E-state index in [0.717, 1.165) is 0 Å². The highest BCUT2D eigenvalue weighted by Gasteiger charge is 2.61. The first-order valence-corrected chi connectivity index (χ1v) is 7.11. The summed E-state index contributed by atoms with van der Waals surface area (Å²) < 4.78 is 29.1. The Morgan fingerprint density at radius 3 is 1.96 bits per heavy atom. The molecule has 0 radical (unpaired) electrons. The summed E-state index contributed by atoms with van der Waals surface area (Å²) in [5, 5.41) is 76.1. The topological polar surface area (TPSA) is 190 Å². The largest absolute Gasteiger partial charge is 0.394 e. The fraction of sp³-hybridized carbons (Fsp3) is 1.00. The van der Waals surface area contributed by atoms with Crippen molar-refractivity contribution in [3.8, 4) is 0 Å². The van der Waals surface area contributed by atoms with Crippen molar-refractivity contribution in [2.24, 2.45) is 0 Å². The maximum Gasteiger partial charge on any atom is 0.266 e. The molecule has 24 heavy (non-hydrogen) atoms. The summed E-state index contributed by atoms with van der Waals surface area (Å²) in [7, 11) is 0. The van der Waals surface area contributed by atoms with Crippen LogP contribution in [-0.2, 0) is 14.2 Å². The first-order chi connectivity index (χ1) is 11.1. The van der Waals surface area contributed by atoms with Crippen LogP contribution in [0.4, 0.5) is 4.39 Å². The zero-order valence-electron chi connectivity index (χ0n) is 12.3. The minimum Gasteiger partial charge on any atom is -0.394 e. The second kappa shape index (κ2) is 7.01. The smallest absolute Gasteiger partial charge is 0.266 e. The Balaban J connectivity index is 2.24. The molecule has 0 aromatic carbocycles. The Labute approximate surface area is 135 Å². The van der Waals surface area contributed by atoms with Crippen molar-refractivity contribution >= 4 is 0 Å². The molecular formula is C12H21FO11. The SMILES string of the molecule is OC[C@H]1OC(CO)(O[C@H]2O[C@H](CO)[C@@H](O)[C@@](O)(F)[C@H]2O)[C@@H](O)[C@@H]1O. The van der Waals surface area contributed by atoms with Crippen LogP contribution < -0.4 is 0 Å². The van der Waals surface area contributed by atoms with Crippen molar-refractivity contribution in [3.63, 3.8) is 0 Å². The van der Waals surface area contributed by atoms with Gasteiger partial charge in [0.05, 0.1) is 13.2 Å². The molecule has 0 aromatic heterocycles. The highest BCUT2D eigenvalue weighted by molar-refractivity contribution is 5.00. The van der Waals surface area contributed by atoms with Crippen LogP contribution in [-0.4, -0.2) is 115 Å². The molecule has 11 nitrogen and oxygen atoms in total. The van der Waals surface area contributed by atoms with Gasteiger partial charge in [0.25, 0.3) is 5.85 Å². The molecule has 2 heterocycles. The lowest BCUT2D eigenvalue weighted by atomic mass is 9.96. The summed E-state index contributed by atoms with van der Waals surface area (Å²) in [6.07, 6.45) is -13.5. The van der Waals surface area contributed by atoms with E-state index >= 15 is 0 Å². The van der Waals surface area contributed by atoms with Crippen molar-refractivity contribution in [1.82, 2.24) is 0 Å². The number of halogens is 1. The third kappa shape index (κ3) is 3.04. The van der Waals surface area contributed by atoms with Gasteiger partial charge in [-0.1, -0.05) is 0 Å². The Hall–Kier alpha value is -0.510. The van der Waals surface area contributed by atoms with Gasteiger partial charge in [-0.05, 0) is 0 Å². The highest BCUT2D eigenvalue weighted by Crippen LogP contribution is 2.38. The Bertz CT molecular complexity index is 437. The van der Waals surface area contributed by atoms with Crippen molar-refractivity contribution in [1.29, 1.82) is 0 Å². The minimum atomic E-state index is -3.63. The third-order valence-electron chi connectivity index (χ3n) is 4.15. The van der Waals surface area contributed by atoms with Crippen LogP contribution in [0, 0.1) is 0 Å². The van der Waals surface area contributed by atoms with Gasteiger partial charge in [0.15, 0.2) is 12.4 Å². The molecular weight excluding hydrogens is 339 g/mol. The normalized spacial score (nSPS) is 52.6. The highest BCUT2D eigenvalue weighted by atomic mass is 19.2. The molecule has 2 rings (SSSR count). The van der Waals surface area contributed by atoms with E-state index in [-0.39, 0.29) is 0 Å². The molecule has 2 saturated heterocycles. The first kappa shape index (κ1) is 19.8. The van der Waals surface area contributed by atoms with E-state index < -0.39 is 74.4 Å². The van der Waals surface area contributed by atoms with Gasteiger partial charge in [-0.25, -0.2) is 4.39 Å². The van der Waals surface area contributed by atoms with E-state index in [9.17, 15) is 35.0 Å². The standard InChI is InChI=1S/C12H21FO11/c13-12(21)7(18)5(2-15)22-10(9(12)20)24-11(3-16)8(19)6(17)4(1-14)23-11/h4-10,14-21H,1-3H2/t4-,5-,6-,7-,8+,9+,10-,11?,12+/m1/s1. The van der Waals surface area contributed by atoms with Crippen LogP contribution in [0.3, 0.4) is 0 Å². The average Bonchev–Trinajstić information content (AvgIpc) is 2.81. The zero-order chi connectivity index (χ0) is 18.3. The molecule has 2 aliphatic heterocycles. The van der Waals surface area contributed by atoms with E-state index in [4.69, 9.17) is 24.4 Å². The lowest BCUT2D eigenvalue weighted by Crippen LogP contribution is -2.67. The first-order valence-electron chi connectivity index (χ1n) is 7.11. The fourth-order valence-electron chi connectivity index (χ4n) is 2.65. The third-order valence-corrected chi connectivity index (χ3v) is 4.15. The molecule has 0 aliphatic carbocycles. The van der Waals surface area contributed by atoms with Crippen molar-refractivity contribution in [2.45, 2.75) is 54.6 Å². The summed E-state index contributed by atoms with van der Waals surface area (Å²) >= 11 is 0. The van der Waals surface area contributed by atoms with Crippen LogP contribution in [0.2, 0.25) is 0 Å². The van der Waals surface area contributed by atoms with Crippen LogP contribution in [0.15, 0.2) is 0 Å². The average molecular weight is 360 g/mol. The molecule has 0 bridgehead atoms. The number of hydrogen-bond acceptors (Lipinski definition) is 11. The van der Waals surface area contributed by atoms with Gasteiger partial charge in [0.2, 0.25) is 5.79 Å². The van der Waals surface area contributed by atoms with Gasteiger partial charge < -0.3 is 55.1 Å². The Kier molecular flexibility index (Phi) is 5.79. The monoisotopic (exact) mass is 360 g/mol. The molecule has 2 fully saturated rings.